The summed E-state index contributed by atoms with van der Waals surface area (Å²) in [6, 6.07) is 6.79. The number of nitrogens with one attached hydrogen (secondary N) is 1. The minimum Gasteiger partial charge on any atom is -0.331 e. The molecule has 0 bridgehead atoms. The SMILES string of the molecule is Cn1c(C2CC2)nc2cc(C3CNC3)ccc21. The third-order valence-corrected chi connectivity index (χ3v) is 4.13. The maximum Gasteiger partial charge on any atom is 0.112 e. The smallest absolute Gasteiger partial charge is 0.112 e. The van der Waals surface area contributed by atoms with Crippen LogP contribution in [0.4, 0.5) is 0 Å². The van der Waals surface area contributed by atoms with Gasteiger partial charge in [0.25, 0.3) is 0 Å². The first-order valence-corrected chi connectivity index (χ1v) is 6.50. The first-order valence-electron chi connectivity index (χ1n) is 6.50. The molecule has 88 valence electrons. The van der Waals surface area contributed by atoms with Gasteiger partial charge >= 0.3 is 0 Å². The highest BCUT2D eigenvalue weighted by molar-refractivity contribution is 5.77. The lowest BCUT2D eigenvalue weighted by molar-refractivity contribution is 0.448. The van der Waals surface area contributed by atoms with Gasteiger partial charge in [-0.25, -0.2) is 4.98 Å². The first kappa shape index (κ1) is 9.66. The van der Waals surface area contributed by atoms with Crippen molar-refractivity contribution in [2.24, 2.45) is 7.05 Å². The molecule has 1 N–H and O–H groups in total. The van der Waals surface area contributed by atoms with E-state index in [1.807, 2.05) is 0 Å². The van der Waals surface area contributed by atoms with Gasteiger partial charge < -0.3 is 9.88 Å². The van der Waals surface area contributed by atoms with Crippen molar-refractivity contribution < 1.29 is 0 Å². The van der Waals surface area contributed by atoms with Gasteiger partial charge in [0, 0.05) is 32.0 Å². The van der Waals surface area contributed by atoms with Crippen LogP contribution in [0.3, 0.4) is 0 Å². The molecule has 3 nitrogen and oxygen atoms in total. The molecule has 1 saturated heterocycles. The number of imidazole rings is 1. The van der Waals surface area contributed by atoms with Crippen molar-refractivity contribution in [3.05, 3.63) is 29.6 Å². The molecular weight excluding hydrogens is 210 g/mol. The van der Waals surface area contributed by atoms with Crippen LogP contribution in [0.15, 0.2) is 18.2 Å². The Morgan fingerprint density at radius 2 is 2.06 bits per heavy atom. The van der Waals surface area contributed by atoms with E-state index in [1.165, 1.54) is 35.3 Å². The van der Waals surface area contributed by atoms with E-state index < -0.39 is 0 Å². The molecular formula is C14H17N3. The molecule has 0 unspecified atom stereocenters. The summed E-state index contributed by atoms with van der Waals surface area (Å²) in [5, 5.41) is 3.33. The van der Waals surface area contributed by atoms with E-state index in [9.17, 15) is 0 Å². The molecule has 0 spiro atoms. The number of benzene rings is 1. The molecule has 17 heavy (non-hydrogen) atoms. The number of aromatic nitrogens is 2. The number of hydrogen-bond donors (Lipinski definition) is 1. The zero-order chi connectivity index (χ0) is 11.4. The fourth-order valence-corrected chi connectivity index (χ4v) is 2.72. The molecule has 1 saturated carbocycles. The van der Waals surface area contributed by atoms with Gasteiger partial charge in [0.05, 0.1) is 11.0 Å². The van der Waals surface area contributed by atoms with Crippen molar-refractivity contribution in [1.29, 1.82) is 0 Å². The van der Waals surface area contributed by atoms with Crippen LogP contribution in [0, 0.1) is 0 Å². The number of aryl methyl sites for hydroxylation is 1. The van der Waals surface area contributed by atoms with Gasteiger partial charge in [-0.3, -0.25) is 0 Å². The molecule has 0 atom stereocenters. The Hall–Kier alpha value is -1.35. The second-order valence-corrected chi connectivity index (χ2v) is 5.41. The van der Waals surface area contributed by atoms with Gasteiger partial charge in [0.2, 0.25) is 0 Å². The van der Waals surface area contributed by atoms with Gasteiger partial charge in [-0.05, 0) is 30.5 Å². The van der Waals surface area contributed by atoms with Crippen molar-refractivity contribution in [3.63, 3.8) is 0 Å². The lowest BCUT2D eigenvalue weighted by Gasteiger charge is -2.27. The molecule has 2 heterocycles. The quantitative estimate of drug-likeness (QED) is 0.852. The molecule has 2 aliphatic rings. The van der Waals surface area contributed by atoms with E-state index in [0.29, 0.717) is 5.92 Å². The monoisotopic (exact) mass is 227 g/mol. The number of rotatable bonds is 2. The summed E-state index contributed by atoms with van der Waals surface area (Å²) < 4.78 is 2.27. The molecule has 1 aliphatic heterocycles. The summed E-state index contributed by atoms with van der Waals surface area (Å²) in [5.74, 6) is 2.70. The summed E-state index contributed by atoms with van der Waals surface area (Å²) in [6.45, 7) is 2.24. The van der Waals surface area contributed by atoms with E-state index in [1.54, 1.807) is 0 Å². The maximum absolute atomic E-state index is 4.82. The molecule has 3 heteroatoms. The molecule has 1 aromatic carbocycles. The second kappa shape index (κ2) is 3.33. The van der Waals surface area contributed by atoms with Crippen molar-refractivity contribution >= 4 is 11.0 Å². The molecule has 1 aliphatic carbocycles. The van der Waals surface area contributed by atoms with Gasteiger partial charge in [-0.1, -0.05) is 6.07 Å². The van der Waals surface area contributed by atoms with Crippen LogP contribution in [-0.2, 0) is 7.05 Å². The normalized spacial score (nSPS) is 20.8. The van der Waals surface area contributed by atoms with Crippen molar-refractivity contribution in [3.8, 4) is 0 Å². The zero-order valence-corrected chi connectivity index (χ0v) is 10.1. The minimum absolute atomic E-state index is 0.700. The average molecular weight is 227 g/mol. The van der Waals surface area contributed by atoms with Crippen LogP contribution >= 0.6 is 0 Å². The Morgan fingerprint density at radius 3 is 2.71 bits per heavy atom. The van der Waals surface area contributed by atoms with Crippen molar-refractivity contribution in [2.45, 2.75) is 24.7 Å². The van der Waals surface area contributed by atoms with Gasteiger partial charge in [0.15, 0.2) is 0 Å². The standard InChI is InChI=1S/C14H17N3/c1-17-13-5-4-10(11-7-15-8-11)6-12(13)16-14(17)9-2-3-9/h4-6,9,11,15H,2-3,7-8H2,1H3. The molecule has 0 radical (unpaired) electrons. The van der Waals surface area contributed by atoms with Gasteiger partial charge in [0.1, 0.15) is 5.82 Å². The van der Waals surface area contributed by atoms with Crippen LogP contribution in [0.1, 0.15) is 36.1 Å². The molecule has 4 rings (SSSR count). The Morgan fingerprint density at radius 1 is 1.24 bits per heavy atom. The lowest BCUT2D eigenvalue weighted by Crippen LogP contribution is -2.39. The Kier molecular flexibility index (Phi) is 1.89. The average Bonchev–Trinajstić information content (AvgIpc) is 3.03. The predicted octanol–water partition coefficient (Wildman–Crippen LogP) is 2.14. The Labute approximate surface area is 101 Å². The second-order valence-electron chi connectivity index (χ2n) is 5.41. The minimum atomic E-state index is 0.700. The maximum atomic E-state index is 4.82. The molecule has 0 amide bonds. The Bertz CT molecular complexity index is 576. The Balaban J connectivity index is 1.83. The lowest BCUT2D eigenvalue weighted by atomic mass is 9.93. The van der Waals surface area contributed by atoms with Crippen molar-refractivity contribution in [1.82, 2.24) is 14.9 Å². The van der Waals surface area contributed by atoms with Crippen LogP contribution in [0.25, 0.3) is 11.0 Å². The highest BCUT2D eigenvalue weighted by atomic mass is 15.1. The van der Waals surface area contributed by atoms with Gasteiger partial charge in [-0.2, -0.15) is 0 Å². The molecule has 2 aromatic rings. The summed E-state index contributed by atoms with van der Waals surface area (Å²) in [7, 11) is 2.15. The fourth-order valence-electron chi connectivity index (χ4n) is 2.72. The number of hydrogen-bond acceptors (Lipinski definition) is 2. The first-order chi connectivity index (χ1) is 8.33. The van der Waals surface area contributed by atoms with Crippen molar-refractivity contribution in [2.75, 3.05) is 13.1 Å². The third-order valence-electron chi connectivity index (χ3n) is 4.13. The van der Waals surface area contributed by atoms with Crippen LogP contribution in [-0.4, -0.2) is 22.6 Å². The van der Waals surface area contributed by atoms with E-state index in [4.69, 9.17) is 4.98 Å². The topological polar surface area (TPSA) is 29.9 Å². The zero-order valence-electron chi connectivity index (χ0n) is 10.1. The third kappa shape index (κ3) is 1.42. The summed E-state index contributed by atoms with van der Waals surface area (Å²) in [4.78, 5) is 4.82. The number of nitrogens with zero attached hydrogens (tertiary/aromatic N) is 2. The predicted molar refractivity (Wildman–Crippen MR) is 68.3 cm³/mol. The van der Waals surface area contributed by atoms with E-state index in [-0.39, 0.29) is 0 Å². The van der Waals surface area contributed by atoms with E-state index >= 15 is 0 Å². The highest BCUT2D eigenvalue weighted by Gasteiger charge is 2.29. The van der Waals surface area contributed by atoms with Crippen LogP contribution in [0.5, 0.6) is 0 Å². The summed E-state index contributed by atoms with van der Waals surface area (Å²) in [5.41, 5.74) is 3.90. The molecule has 1 aromatic heterocycles. The summed E-state index contributed by atoms with van der Waals surface area (Å²) in [6.07, 6.45) is 2.63. The van der Waals surface area contributed by atoms with Gasteiger partial charge in [-0.15, -0.1) is 0 Å². The van der Waals surface area contributed by atoms with Crippen LogP contribution < -0.4 is 5.32 Å². The fraction of sp³-hybridized carbons (Fsp3) is 0.500. The number of fused-ring (bicyclic) bond motifs is 1. The van der Waals surface area contributed by atoms with E-state index in [0.717, 1.165) is 19.0 Å². The highest BCUT2D eigenvalue weighted by Crippen LogP contribution is 2.40. The summed E-state index contributed by atoms with van der Waals surface area (Å²) >= 11 is 0. The molecule has 2 fully saturated rings. The van der Waals surface area contributed by atoms with Crippen LogP contribution in [0.2, 0.25) is 0 Å². The van der Waals surface area contributed by atoms with E-state index in [2.05, 4.69) is 35.1 Å². The largest absolute Gasteiger partial charge is 0.331 e.